The van der Waals surface area contributed by atoms with Gasteiger partial charge in [0, 0.05) is 19.3 Å². The minimum atomic E-state index is -3.50. The molecule has 29 heavy (non-hydrogen) atoms. The summed E-state index contributed by atoms with van der Waals surface area (Å²) in [5, 5.41) is 9.64. The third-order valence-electron chi connectivity index (χ3n) is 4.95. The van der Waals surface area contributed by atoms with Gasteiger partial charge in [-0.3, -0.25) is 4.90 Å². The van der Waals surface area contributed by atoms with Crippen LogP contribution in [0.3, 0.4) is 0 Å². The number of aromatic nitrogens is 2. The van der Waals surface area contributed by atoms with Gasteiger partial charge in [0.25, 0.3) is 0 Å². The highest BCUT2D eigenvalue weighted by molar-refractivity contribution is 7.90. The van der Waals surface area contributed by atoms with E-state index in [1.165, 1.54) is 0 Å². The molecule has 1 aliphatic rings. The Hall–Kier alpha value is -2.13. The fraction of sp³-hybridized carbons (Fsp3) is 0.600. The second kappa shape index (κ2) is 7.28. The maximum Gasteiger partial charge on any atom is 0.410 e. The van der Waals surface area contributed by atoms with E-state index in [9.17, 15) is 18.3 Å². The molecular formula is C20H29N3O5S. The number of sulfone groups is 1. The molecule has 2 heterocycles. The van der Waals surface area contributed by atoms with E-state index in [-0.39, 0.29) is 22.9 Å². The fourth-order valence-corrected chi connectivity index (χ4v) is 4.74. The van der Waals surface area contributed by atoms with Crippen LogP contribution in [-0.4, -0.2) is 52.5 Å². The van der Waals surface area contributed by atoms with Crippen molar-refractivity contribution in [1.82, 2.24) is 14.5 Å². The summed E-state index contributed by atoms with van der Waals surface area (Å²) in [6.07, 6.45) is 0.740. The summed E-state index contributed by atoms with van der Waals surface area (Å²) < 4.78 is 31.9. The molecule has 9 heteroatoms. The SMILES string of the molecule is CC(C)[C@@H]1c2nc3cc(CO)c(S(C)(=O)=O)cc3n2CCN1C(=O)OC(C)(C)C. The van der Waals surface area contributed by atoms with Crippen molar-refractivity contribution in [3.8, 4) is 0 Å². The van der Waals surface area contributed by atoms with Gasteiger partial charge in [0.2, 0.25) is 0 Å². The zero-order valence-electron chi connectivity index (χ0n) is 17.8. The van der Waals surface area contributed by atoms with E-state index < -0.39 is 22.0 Å². The van der Waals surface area contributed by atoms with Crippen molar-refractivity contribution in [1.29, 1.82) is 0 Å². The molecule has 0 unspecified atom stereocenters. The summed E-state index contributed by atoms with van der Waals surface area (Å²) in [5.74, 6) is 0.770. The molecular weight excluding hydrogens is 394 g/mol. The van der Waals surface area contributed by atoms with Crippen molar-refractivity contribution in [3.63, 3.8) is 0 Å². The number of carbonyl (C=O) groups excluding carboxylic acids is 1. The molecule has 0 radical (unpaired) electrons. The fourth-order valence-electron chi connectivity index (χ4n) is 3.81. The van der Waals surface area contributed by atoms with Crippen LogP contribution in [0.2, 0.25) is 0 Å². The number of aliphatic hydroxyl groups excluding tert-OH is 1. The van der Waals surface area contributed by atoms with E-state index >= 15 is 0 Å². The maximum atomic E-state index is 12.8. The van der Waals surface area contributed by atoms with Crippen LogP contribution in [-0.2, 0) is 27.7 Å². The second-order valence-corrected chi connectivity index (χ2v) is 10.8. The largest absolute Gasteiger partial charge is 0.444 e. The van der Waals surface area contributed by atoms with Crippen molar-refractivity contribution < 1.29 is 23.1 Å². The molecule has 1 aromatic carbocycles. The zero-order chi connectivity index (χ0) is 21.7. The predicted molar refractivity (Wildman–Crippen MR) is 109 cm³/mol. The number of hydrogen-bond acceptors (Lipinski definition) is 6. The molecule has 1 aromatic heterocycles. The molecule has 0 saturated heterocycles. The highest BCUT2D eigenvalue weighted by Crippen LogP contribution is 2.36. The molecule has 1 atom stereocenters. The number of rotatable bonds is 3. The maximum absolute atomic E-state index is 12.8. The van der Waals surface area contributed by atoms with Gasteiger partial charge >= 0.3 is 6.09 Å². The van der Waals surface area contributed by atoms with Crippen molar-refractivity contribution in [2.75, 3.05) is 12.8 Å². The Morgan fingerprint density at radius 2 is 1.97 bits per heavy atom. The average molecular weight is 424 g/mol. The second-order valence-electron chi connectivity index (χ2n) is 8.86. The van der Waals surface area contributed by atoms with E-state index in [4.69, 9.17) is 9.72 Å². The number of nitrogens with zero attached hydrogens (tertiary/aromatic N) is 3. The van der Waals surface area contributed by atoms with E-state index in [0.29, 0.717) is 35.5 Å². The molecule has 0 aliphatic carbocycles. The van der Waals surface area contributed by atoms with Gasteiger partial charge in [0.05, 0.1) is 28.6 Å². The molecule has 8 nitrogen and oxygen atoms in total. The van der Waals surface area contributed by atoms with Gasteiger partial charge in [-0.1, -0.05) is 13.8 Å². The number of imidazole rings is 1. The standard InChI is InChI=1S/C20H29N3O5S/c1-12(2)17-18-21-14-9-13(11-24)16(29(6,26)27)10-15(14)22(18)7-8-23(17)19(25)28-20(3,4)5/h9-10,12,17,24H,7-8,11H2,1-6H3/t17-/m1/s1. The predicted octanol–water partition coefficient (Wildman–Crippen LogP) is 2.88. The molecule has 160 valence electrons. The minimum Gasteiger partial charge on any atom is -0.444 e. The van der Waals surface area contributed by atoms with Crippen molar-refractivity contribution >= 4 is 27.0 Å². The first-order chi connectivity index (χ1) is 13.3. The van der Waals surface area contributed by atoms with Gasteiger partial charge in [-0.2, -0.15) is 0 Å². The van der Waals surface area contributed by atoms with E-state index in [1.54, 1.807) is 17.0 Å². The van der Waals surface area contributed by atoms with Crippen LogP contribution in [0.4, 0.5) is 4.79 Å². The molecule has 0 bridgehead atoms. The number of ether oxygens (including phenoxy) is 1. The van der Waals surface area contributed by atoms with E-state index in [0.717, 1.165) is 6.26 Å². The third-order valence-corrected chi connectivity index (χ3v) is 6.13. The van der Waals surface area contributed by atoms with Crippen LogP contribution in [0, 0.1) is 5.92 Å². The van der Waals surface area contributed by atoms with Gasteiger partial charge in [0.15, 0.2) is 9.84 Å². The number of carbonyl (C=O) groups is 1. The Bertz CT molecular complexity index is 1050. The van der Waals surface area contributed by atoms with Gasteiger partial charge in [-0.25, -0.2) is 18.2 Å². The average Bonchev–Trinajstić information content (AvgIpc) is 2.94. The Balaban J connectivity index is 2.14. The summed E-state index contributed by atoms with van der Waals surface area (Å²) in [4.78, 5) is 19.3. The van der Waals surface area contributed by atoms with Crippen LogP contribution < -0.4 is 0 Å². The molecule has 0 spiro atoms. The first kappa shape index (κ1) is 21.6. The van der Waals surface area contributed by atoms with Crippen LogP contribution in [0.25, 0.3) is 11.0 Å². The van der Waals surface area contributed by atoms with Crippen LogP contribution >= 0.6 is 0 Å². The van der Waals surface area contributed by atoms with Crippen LogP contribution in [0.5, 0.6) is 0 Å². The third kappa shape index (κ3) is 4.11. The van der Waals surface area contributed by atoms with Crippen molar-refractivity contribution in [2.24, 2.45) is 5.92 Å². The highest BCUT2D eigenvalue weighted by atomic mass is 32.2. The number of aliphatic hydroxyl groups is 1. The summed E-state index contributed by atoms with van der Waals surface area (Å²) in [6.45, 7) is 10.0. The Labute approximate surface area is 171 Å². The Morgan fingerprint density at radius 1 is 1.31 bits per heavy atom. The number of hydrogen-bond donors (Lipinski definition) is 1. The topological polar surface area (TPSA) is 102 Å². The van der Waals surface area contributed by atoms with Crippen molar-refractivity contribution in [3.05, 3.63) is 23.5 Å². The molecule has 3 rings (SSSR count). The summed E-state index contributed by atoms with van der Waals surface area (Å²) >= 11 is 0. The van der Waals surface area contributed by atoms with E-state index in [1.807, 2.05) is 39.2 Å². The molecule has 1 N–H and O–H groups in total. The Morgan fingerprint density at radius 3 is 2.48 bits per heavy atom. The lowest BCUT2D eigenvalue weighted by atomic mass is 10.0. The molecule has 1 aliphatic heterocycles. The lowest BCUT2D eigenvalue weighted by molar-refractivity contribution is 0.00401. The lowest BCUT2D eigenvalue weighted by Crippen LogP contribution is -2.46. The van der Waals surface area contributed by atoms with Gasteiger partial charge in [-0.15, -0.1) is 0 Å². The summed E-state index contributed by atoms with van der Waals surface area (Å²) in [5.41, 5.74) is 1.01. The lowest BCUT2D eigenvalue weighted by Gasteiger charge is -2.38. The molecule has 0 saturated carbocycles. The highest BCUT2D eigenvalue weighted by Gasteiger charge is 2.38. The zero-order valence-corrected chi connectivity index (χ0v) is 18.6. The van der Waals surface area contributed by atoms with Crippen LogP contribution in [0.1, 0.15) is 52.0 Å². The summed E-state index contributed by atoms with van der Waals surface area (Å²) in [6, 6.07) is 2.89. The van der Waals surface area contributed by atoms with Gasteiger partial charge in [-0.05, 0) is 44.4 Å². The van der Waals surface area contributed by atoms with E-state index in [2.05, 4.69) is 0 Å². The number of fused-ring (bicyclic) bond motifs is 3. The summed E-state index contributed by atoms with van der Waals surface area (Å²) in [7, 11) is -3.50. The van der Waals surface area contributed by atoms with Gasteiger partial charge in [0.1, 0.15) is 11.4 Å². The monoisotopic (exact) mass is 423 g/mol. The number of amides is 1. The first-order valence-corrected chi connectivity index (χ1v) is 11.6. The van der Waals surface area contributed by atoms with Crippen molar-refractivity contribution in [2.45, 2.75) is 64.3 Å². The Kier molecular flexibility index (Phi) is 5.42. The molecule has 0 fully saturated rings. The van der Waals surface area contributed by atoms with Crippen LogP contribution in [0.15, 0.2) is 17.0 Å². The molecule has 2 aromatic rings. The van der Waals surface area contributed by atoms with Gasteiger partial charge < -0.3 is 14.4 Å². The number of benzene rings is 1. The smallest absolute Gasteiger partial charge is 0.410 e. The molecule has 1 amide bonds. The quantitative estimate of drug-likeness (QED) is 0.814. The first-order valence-electron chi connectivity index (χ1n) is 9.67. The minimum absolute atomic E-state index is 0.0741. The normalized spacial score (nSPS) is 17.7.